The first-order valence-corrected chi connectivity index (χ1v) is 11.5. The number of benzene rings is 2. The Hall–Kier alpha value is -1.88. The predicted molar refractivity (Wildman–Crippen MR) is 120 cm³/mol. The normalized spacial score (nSPS) is 19.9. The van der Waals surface area contributed by atoms with Gasteiger partial charge in [0.05, 0.1) is 17.7 Å². The maximum absolute atomic E-state index is 13.1. The lowest BCUT2D eigenvalue weighted by molar-refractivity contribution is -0.346. The summed E-state index contributed by atoms with van der Waals surface area (Å²) in [6.07, 6.45) is -12.2. The Balaban J connectivity index is 1.81. The van der Waals surface area contributed by atoms with Crippen LogP contribution in [0.2, 0.25) is 10.0 Å². The van der Waals surface area contributed by atoms with Crippen LogP contribution in [0, 0.1) is 5.92 Å². The van der Waals surface area contributed by atoms with E-state index >= 15 is 0 Å². The molecule has 1 N–H and O–H groups in total. The van der Waals surface area contributed by atoms with Gasteiger partial charge in [-0.05, 0) is 49.4 Å². The number of aliphatic hydroxyl groups is 1. The van der Waals surface area contributed by atoms with Crippen LogP contribution in [0.15, 0.2) is 42.5 Å². The van der Waals surface area contributed by atoms with Crippen molar-refractivity contribution in [2.75, 3.05) is 18.0 Å². The molecule has 0 aliphatic heterocycles. The highest BCUT2D eigenvalue weighted by atomic mass is 35.5. The molecule has 2 aromatic rings. The molecule has 0 spiro atoms. The molecule has 0 aromatic heterocycles. The van der Waals surface area contributed by atoms with Gasteiger partial charge in [-0.25, -0.2) is 0 Å². The summed E-state index contributed by atoms with van der Waals surface area (Å²) < 4.78 is 87.2. The number of nitrogens with zero attached hydrogens (tertiary/aromatic N) is 1. The molecule has 0 saturated heterocycles. The molecule has 3 atom stereocenters. The Morgan fingerprint density at radius 2 is 1.74 bits per heavy atom. The summed E-state index contributed by atoms with van der Waals surface area (Å²) in [4.78, 5) is 1.30. The molecule has 1 aliphatic rings. The van der Waals surface area contributed by atoms with Crippen molar-refractivity contribution in [3.63, 3.8) is 0 Å². The molecule has 35 heavy (non-hydrogen) atoms. The van der Waals surface area contributed by atoms with E-state index in [9.17, 15) is 31.4 Å². The first-order valence-electron chi connectivity index (χ1n) is 10.8. The van der Waals surface area contributed by atoms with Gasteiger partial charge < -0.3 is 14.7 Å². The summed E-state index contributed by atoms with van der Waals surface area (Å²) in [6.45, 7) is -0.807. The fourth-order valence-corrected chi connectivity index (χ4v) is 4.38. The summed E-state index contributed by atoms with van der Waals surface area (Å²) in [5.74, 6) is 0.112. The smallest absolute Gasteiger partial charge is 0.456 e. The van der Waals surface area contributed by atoms with Gasteiger partial charge in [0, 0.05) is 18.3 Å². The van der Waals surface area contributed by atoms with Crippen LogP contribution in [-0.2, 0) is 4.74 Å². The van der Waals surface area contributed by atoms with Crippen LogP contribution >= 0.6 is 23.2 Å². The number of hydrogen-bond acceptors (Lipinski definition) is 4. The van der Waals surface area contributed by atoms with Crippen LogP contribution < -0.4 is 9.64 Å². The Labute approximate surface area is 208 Å². The lowest BCUT2D eigenvalue weighted by Gasteiger charge is -2.35. The summed E-state index contributed by atoms with van der Waals surface area (Å²) in [5, 5.41) is 10.1. The van der Waals surface area contributed by atoms with E-state index in [0.29, 0.717) is 18.5 Å². The third-order valence-electron chi connectivity index (χ3n) is 5.61. The van der Waals surface area contributed by atoms with Crippen molar-refractivity contribution in [1.82, 2.24) is 0 Å². The van der Waals surface area contributed by atoms with E-state index < -0.39 is 31.3 Å². The van der Waals surface area contributed by atoms with Crippen LogP contribution in [0.25, 0.3) is 0 Å². The maximum Gasteiger partial charge on any atom is 0.522 e. The molecule has 0 heterocycles. The van der Waals surface area contributed by atoms with Gasteiger partial charge in [0.15, 0.2) is 6.10 Å². The van der Waals surface area contributed by atoms with Gasteiger partial charge in [-0.15, -0.1) is 13.2 Å². The minimum Gasteiger partial charge on any atom is -0.456 e. The molecule has 3 rings (SSSR count). The van der Waals surface area contributed by atoms with Crippen LogP contribution in [0.4, 0.5) is 32.0 Å². The quantitative estimate of drug-likeness (QED) is 0.346. The zero-order valence-electron chi connectivity index (χ0n) is 18.3. The molecular formula is C23H23Cl2F6NO3. The average molecular weight is 546 g/mol. The molecule has 0 radical (unpaired) electrons. The van der Waals surface area contributed by atoms with Crippen LogP contribution in [0.5, 0.6) is 11.5 Å². The van der Waals surface area contributed by atoms with Crippen molar-refractivity contribution < 1.29 is 40.9 Å². The van der Waals surface area contributed by atoms with Gasteiger partial charge in [0.2, 0.25) is 0 Å². The first-order chi connectivity index (χ1) is 16.3. The summed E-state index contributed by atoms with van der Waals surface area (Å²) >= 11 is 12.1. The highest BCUT2D eigenvalue weighted by Crippen LogP contribution is 2.37. The lowest BCUT2D eigenvalue weighted by Crippen LogP contribution is -2.44. The maximum atomic E-state index is 13.1. The van der Waals surface area contributed by atoms with Crippen LogP contribution in [0.3, 0.4) is 0 Å². The Morgan fingerprint density at radius 1 is 1.03 bits per heavy atom. The van der Waals surface area contributed by atoms with E-state index in [1.165, 1.54) is 17.0 Å². The number of rotatable bonds is 8. The number of halogens is 8. The van der Waals surface area contributed by atoms with Crippen molar-refractivity contribution in [3.05, 3.63) is 52.5 Å². The number of hydrogen-bond donors (Lipinski definition) is 1. The molecule has 4 nitrogen and oxygen atoms in total. The van der Waals surface area contributed by atoms with Gasteiger partial charge in [-0.2, -0.15) is 13.2 Å². The highest BCUT2D eigenvalue weighted by molar-refractivity contribution is 6.42. The van der Waals surface area contributed by atoms with Crippen molar-refractivity contribution in [1.29, 1.82) is 0 Å². The Morgan fingerprint density at radius 3 is 2.43 bits per heavy atom. The summed E-state index contributed by atoms with van der Waals surface area (Å²) in [6, 6.07) is 10.8. The second-order valence-electron chi connectivity index (χ2n) is 8.33. The van der Waals surface area contributed by atoms with E-state index in [1.807, 2.05) is 0 Å². The zero-order chi connectivity index (χ0) is 25.8. The average Bonchev–Trinajstić information content (AvgIpc) is 2.75. The van der Waals surface area contributed by atoms with Crippen LogP contribution in [-0.4, -0.2) is 42.9 Å². The number of alkyl halides is 6. The van der Waals surface area contributed by atoms with Gasteiger partial charge in [0.1, 0.15) is 16.5 Å². The van der Waals surface area contributed by atoms with Crippen molar-refractivity contribution >= 4 is 28.9 Å². The third-order valence-corrected chi connectivity index (χ3v) is 6.41. The van der Waals surface area contributed by atoms with E-state index in [2.05, 4.69) is 4.74 Å². The first kappa shape index (κ1) is 27.7. The number of ether oxygens (including phenoxy) is 2. The van der Waals surface area contributed by atoms with E-state index in [0.717, 1.165) is 0 Å². The van der Waals surface area contributed by atoms with Crippen LogP contribution in [0.1, 0.15) is 25.7 Å². The van der Waals surface area contributed by atoms with Gasteiger partial charge in [0.25, 0.3) is 0 Å². The van der Waals surface area contributed by atoms with Gasteiger partial charge >= 0.3 is 12.5 Å². The predicted octanol–water partition coefficient (Wildman–Crippen LogP) is 7.61. The molecule has 194 valence electrons. The second kappa shape index (κ2) is 11.5. The standard InChI is InChI=1S/C23H23Cl2F6NO3/c24-18-8-3-9-19(21(18)25)34-16-6-2-5-15(11-16)32(13-20(33)22(26,27)28)12-14-4-1-7-17(10-14)35-23(29,30)31/h2-3,5-6,8-9,11,14,17,20,33H,1,4,7,10,12-13H2. The number of aliphatic hydroxyl groups excluding tert-OH is 1. The molecule has 3 unspecified atom stereocenters. The largest absolute Gasteiger partial charge is 0.522 e. The van der Waals surface area contributed by atoms with Crippen molar-refractivity contribution in [3.8, 4) is 11.5 Å². The lowest BCUT2D eigenvalue weighted by atomic mass is 9.86. The molecule has 2 aromatic carbocycles. The Bertz CT molecular complexity index is 988. The fraction of sp³-hybridized carbons (Fsp3) is 0.478. The summed E-state index contributed by atoms with van der Waals surface area (Å²) in [7, 11) is 0. The molecular weight excluding hydrogens is 523 g/mol. The molecule has 1 aliphatic carbocycles. The molecule has 0 bridgehead atoms. The van der Waals surface area contributed by atoms with E-state index in [1.54, 1.807) is 30.3 Å². The topological polar surface area (TPSA) is 41.9 Å². The van der Waals surface area contributed by atoms with E-state index in [-0.39, 0.29) is 46.8 Å². The number of anilines is 1. The SMILES string of the molecule is OC(CN(CC1CCCC(OC(F)(F)F)C1)c1cccc(Oc2cccc(Cl)c2Cl)c1)C(F)(F)F. The molecule has 0 amide bonds. The third kappa shape index (κ3) is 8.34. The van der Waals surface area contributed by atoms with Crippen molar-refractivity contribution in [2.24, 2.45) is 5.92 Å². The van der Waals surface area contributed by atoms with Crippen molar-refractivity contribution in [2.45, 2.75) is 50.4 Å². The van der Waals surface area contributed by atoms with E-state index in [4.69, 9.17) is 27.9 Å². The van der Waals surface area contributed by atoms with Gasteiger partial charge in [-0.3, -0.25) is 4.74 Å². The van der Waals surface area contributed by atoms with Gasteiger partial charge in [-0.1, -0.05) is 41.8 Å². The second-order valence-corrected chi connectivity index (χ2v) is 9.12. The molecule has 1 fully saturated rings. The fourth-order valence-electron chi connectivity index (χ4n) is 4.05. The Kier molecular flexibility index (Phi) is 9.06. The minimum atomic E-state index is -4.87. The molecule has 1 saturated carbocycles. The zero-order valence-corrected chi connectivity index (χ0v) is 19.8. The monoisotopic (exact) mass is 545 g/mol. The molecule has 12 heteroatoms. The summed E-state index contributed by atoms with van der Waals surface area (Å²) in [5.41, 5.74) is 0.294. The highest BCUT2D eigenvalue weighted by Gasteiger charge is 2.40. The minimum absolute atomic E-state index is 0.00771.